The first-order valence-corrected chi connectivity index (χ1v) is 11.2. The Labute approximate surface area is 197 Å². The number of benzene rings is 3. The van der Waals surface area contributed by atoms with E-state index in [1.54, 1.807) is 6.33 Å². The van der Waals surface area contributed by atoms with Crippen molar-refractivity contribution in [1.82, 2.24) is 9.97 Å². The zero-order valence-electron chi connectivity index (χ0n) is 18.2. The molecule has 1 aromatic heterocycles. The van der Waals surface area contributed by atoms with E-state index >= 15 is 0 Å². The molecule has 0 radical (unpaired) electrons. The average molecular weight is 459 g/mol. The van der Waals surface area contributed by atoms with Crippen LogP contribution in [0.15, 0.2) is 72.0 Å². The summed E-state index contributed by atoms with van der Waals surface area (Å²) in [5.74, 6) is 2.12. The molecule has 0 bridgehead atoms. The highest BCUT2D eigenvalue weighted by Crippen LogP contribution is 2.31. The zero-order chi connectivity index (χ0) is 22.6. The van der Waals surface area contributed by atoms with Gasteiger partial charge in [-0.3, -0.25) is 4.99 Å². The van der Waals surface area contributed by atoms with Crippen LogP contribution in [0.2, 0.25) is 5.02 Å². The monoisotopic (exact) mass is 458 g/mol. The quantitative estimate of drug-likeness (QED) is 0.374. The topological polar surface area (TPSA) is 68.6 Å². The molecule has 0 spiro atoms. The van der Waals surface area contributed by atoms with Crippen molar-refractivity contribution in [2.24, 2.45) is 4.99 Å². The summed E-state index contributed by atoms with van der Waals surface area (Å²) in [7, 11) is 0. The normalized spacial score (nSPS) is 13.0. The predicted molar refractivity (Wildman–Crippen MR) is 132 cm³/mol. The molecule has 1 N–H and O–H groups in total. The number of nitrogens with zero attached hydrogens (tertiary/aromatic N) is 3. The molecule has 1 aliphatic heterocycles. The number of rotatable bonds is 7. The van der Waals surface area contributed by atoms with Gasteiger partial charge >= 0.3 is 0 Å². The van der Waals surface area contributed by atoms with Crippen LogP contribution in [0.3, 0.4) is 0 Å². The summed E-state index contributed by atoms with van der Waals surface area (Å²) < 4.78 is 11.5. The van der Waals surface area contributed by atoms with E-state index in [4.69, 9.17) is 21.1 Å². The molecule has 0 amide bonds. The first kappa shape index (κ1) is 21.2. The van der Waals surface area contributed by atoms with Gasteiger partial charge in [0, 0.05) is 17.5 Å². The minimum atomic E-state index is 0.461. The Balaban J connectivity index is 1.33. The van der Waals surface area contributed by atoms with Crippen molar-refractivity contribution >= 4 is 39.9 Å². The van der Waals surface area contributed by atoms with Crippen LogP contribution in [0.1, 0.15) is 16.7 Å². The van der Waals surface area contributed by atoms with E-state index in [-0.39, 0.29) is 0 Å². The number of hydrogen-bond donors (Lipinski definition) is 1. The van der Waals surface area contributed by atoms with E-state index < -0.39 is 0 Å². The molecule has 0 aliphatic carbocycles. The van der Waals surface area contributed by atoms with Crippen molar-refractivity contribution in [2.75, 3.05) is 18.5 Å². The van der Waals surface area contributed by atoms with Crippen molar-refractivity contribution in [3.8, 4) is 5.75 Å². The van der Waals surface area contributed by atoms with E-state index in [1.807, 2.05) is 42.5 Å². The molecular weight excluding hydrogens is 436 g/mol. The molecule has 0 unspecified atom stereocenters. The van der Waals surface area contributed by atoms with Crippen LogP contribution < -0.4 is 10.1 Å². The molecule has 0 saturated heterocycles. The molecule has 1 aliphatic rings. The SMILES string of the molecule is Cc1cccc(COc2ccc(Nc3ncnc4ccc(CC5=NCCO5)cc34)cc2Cl)c1. The molecule has 33 heavy (non-hydrogen) atoms. The molecule has 2 heterocycles. The van der Waals surface area contributed by atoms with Gasteiger partial charge in [0.25, 0.3) is 0 Å². The second-order valence-electron chi connectivity index (χ2n) is 7.92. The summed E-state index contributed by atoms with van der Waals surface area (Å²) in [6, 6.07) is 20.0. The number of aliphatic imine (C=N–C) groups is 1. The smallest absolute Gasteiger partial charge is 0.187 e. The van der Waals surface area contributed by atoms with Crippen LogP contribution in [-0.4, -0.2) is 29.0 Å². The maximum absolute atomic E-state index is 6.51. The number of halogens is 1. The van der Waals surface area contributed by atoms with Gasteiger partial charge in [0.05, 0.1) is 17.1 Å². The molecule has 0 atom stereocenters. The first-order valence-electron chi connectivity index (χ1n) is 10.8. The van der Waals surface area contributed by atoms with Gasteiger partial charge in [0.2, 0.25) is 0 Å². The predicted octanol–water partition coefficient (Wildman–Crippen LogP) is 5.89. The van der Waals surface area contributed by atoms with Gasteiger partial charge in [0.1, 0.15) is 31.1 Å². The van der Waals surface area contributed by atoms with Crippen molar-refractivity contribution in [1.29, 1.82) is 0 Å². The second-order valence-corrected chi connectivity index (χ2v) is 8.33. The zero-order valence-corrected chi connectivity index (χ0v) is 19.0. The summed E-state index contributed by atoms with van der Waals surface area (Å²) in [5, 5.41) is 4.82. The lowest BCUT2D eigenvalue weighted by atomic mass is 10.1. The molecule has 5 rings (SSSR count). The lowest BCUT2D eigenvalue weighted by Gasteiger charge is -2.12. The minimum absolute atomic E-state index is 0.461. The van der Waals surface area contributed by atoms with E-state index in [0.29, 0.717) is 36.2 Å². The third kappa shape index (κ3) is 5.07. The third-order valence-electron chi connectivity index (χ3n) is 5.37. The molecule has 3 aromatic carbocycles. The number of aromatic nitrogens is 2. The Morgan fingerprint density at radius 2 is 1.97 bits per heavy atom. The van der Waals surface area contributed by atoms with Crippen LogP contribution in [0.25, 0.3) is 10.9 Å². The highest BCUT2D eigenvalue weighted by atomic mass is 35.5. The van der Waals surface area contributed by atoms with Crippen LogP contribution >= 0.6 is 11.6 Å². The molecule has 7 heteroatoms. The van der Waals surface area contributed by atoms with Gasteiger partial charge < -0.3 is 14.8 Å². The van der Waals surface area contributed by atoms with Crippen molar-refractivity contribution in [3.63, 3.8) is 0 Å². The van der Waals surface area contributed by atoms with Crippen molar-refractivity contribution < 1.29 is 9.47 Å². The van der Waals surface area contributed by atoms with Gasteiger partial charge in [-0.2, -0.15) is 0 Å². The fourth-order valence-electron chi connectivity index (χ4n) is 3.77. The molecule has 166 valence electrons. The number of anilines is 2. The fourth-order valence-corrected chi connectivity index (χ4v) is 4.00. The highest BCUT2D eigenvalue weighted by Gasteiger charge is 2.11. The van der Waals surface area contributed by atoms with Gasteiger partial charge in [-0.05, 0) is 48.4 Å². The fraction of sp³-hybridized carbons (Fsp3) is 0.192. The summed E-state index contributed by atoms with van der Waals surface area (Å²) in [6.07, 6.45) is 2.21. The number of ether oxygens (including phenoxy) is 2. The summed E-state index contributed by atoms with van der Waals surface area (Å²) >= 11 is 6.51. The maximum atomic E-state index is 6.51. The minimum Gasteiger partial charge on any atom is -0.487 e. The number of hydrogen-bond acceptors (Lipinski definition) is 6. The van der Waals surface area contributed by atoms with E-state index in [2.05, 4.69) is 45.4 Å². The van der Waals surface area contributed by atoms with Gasteiger partial charge in [-0.1, -0.05) is 47.5 Å². The van der Waals surface area contributed by atoms with Gasteiger partial charge in [-0.15, -0.1) is 0 Å². The number of aryl methyl sites for hydroxylation is 1. The van der Waals surface area contributed by atoms with Gasteiger partial charge in [0.15, 0.2) is 5.90 Å². The van der Waals surface area contributed by atoms with Crippen LogP contribution in [0.5, 0.6) is 5.75 Å². The second kappa shape index (κ2) is 9.46. The average Bonchev–Trinajstić information content (AvgIpc) is 3.32. The Morgan fingerprint density at radius 1 is 1.03 bits per heavy atom. The Kier molecular flexibility index (Phi) is 6.09. The Morgan fingerprint density at radius 3 is 2.79 bits per heavy atom. The molecule has 0 fully saturated rings. The largest absolute Gasteiger partial charge is 0.487 e. The number of nitrogens with one attached hydrogen (secondary N) is 1. The van der Waals surface area contributed by atoms with E-state index in [1.165, 1.54) is 5.56 Å². The summed E-state index contributed by atoms with van der Waals surface area (Å²) in [6.45, 7) is 3.91. The standard InChI is InChI=1S/C26H23ClN4O2/c1-17-3-2-4-19(11-17)15-33-24-8-6-20(14-22(24)27)31-26-21-12-18(13-25-28-9-10-32-25)5-7-23(21)29-16-30-26/h2-8,11-12,14,16H,9-10,13,15H2,1H3,(H,29,30,31). The Hall–Kier alpha value is -3.64. The third-order valence-corrected chi connectivity index (χ3v) is 5.67. The highest BCUT2D eigenvalue weighted by molar-refractivity contribution is 6.32. The lowest BCUT2D eigenvalue weighted by molar-refractivity contribution is 0.306. The van der Waals surface area contributed by atoms with Crippen LogP contribution in [0, 0.1) is 6.92 Å². The molecule has 4 aromatic rings. The van der Waals surface area contributed by atoms with Crippen LogP contribution in [0.4, 0.5) is 11.5 Å². The molecular formula is C26H23ClN4O2. The van der Waals surface area contributed by atoms with E-state index in [9.17, 15) is 0 Å². The number of fused-ring (bicyclic) bond motifs is 1. The summed E-state index contributed by atoms with van der Waals surface area (Å²) in [4.78, 5) is 13.2. The molecule has 0 saturated carbocycles. The van der Waals surface area contributed by atoms with Crippen LogP contribution in [-0.2, 0) is 17.8 Å². The maximum Gasteiger partial charge on any atom is 0.187 e. The van der Waals surface area contributed by atoms with E-state index in [0.717, 1.165) is 40.2 Å². The first-order chi connectivity index (χ1) is 16.1. The van der Waals surface area contributed by atoms with Crippen molar-refractivity contribution in [3.05, 3.63) is 88.7 Å². The summed E-state index contributed by atoms with van der Waals surface area (Å²) in [5.41, 5.74) is 5.07. The van der Waals surface area contributed by atoms with Crippen molar-refractivity contribution in [2.45, 2.75) is 20.0 Å². The lowest BCUT2D eigenvalue weighted by Crippen LogP contribution is -2.04. The molecule has 6 nitrogen and oxygen atoms in total. The van der Waals surface area contributed by atoms with Gasteiger partial charge in [-0.25, -0.2) is 9.97 Å². The Bertz CT molecular complexity index is 1340.